The van der Waals surface area contributed by atoms with Gasteiger partial charge in [-0.25, -0.2) is 9.50 Å². The Morgan fingerprint density at radius 1 is 1.16 bits per heavy atom. The van der Waals surface area contributed by atoms with E-state index in [1.807, 2.05) is 20.8 Å². The first-order chi connectivity index (χ1) is 17.6. The zero-order valence-electron chi connectivity index (χ0n) is 20.7. The molecule has 2 aromatic heterocycles. The molecule has 3 N–H and O–H groups in total. The molecule has 0 saturated carbocycles. The smallest absolute Gasteiger partial charge is 0.270 e. The predicted molar refractivity (Wildman–Crippen MR) is 132 cm³/mol. The Hall–Kier alpha value is -4.48. The minimum absolute atomic E-state index is 0.0295. The van der Waals surface area contributed by atoms with Crippen LogP contribution in [-0.4, -0.2) is 67.9 Å². The maximum Gasteiger partial charge on any atom is 0.270 e. The number of anilines is 1. The van der Waals surface area contributed by atoms with Crippen molar-refractivity contribution in [1.82, 2.24) is 30.1 Å². The molecule has 2 aliphatic heterocycles. The molecule has 5 rings (SSSR count). The molecule has 0 bridgehead atoms. The van der Waals surface area contributed by atoms with E-state index in [1.54, 1.807) is 29.2 Å². The summed E-state index contributed by atoms with van der Waals surface area (Å²) in [4.78, 5) is 56.6. The second kappa shape index (κ2) is 9.19. The number of aromatic nitrogens is 3. The highest BCUT2D eigenvalue weighted by Crippen LogP contribution is 2.28. The van der Waals surface area contributed by atoms with Crippen molar-refractivity contribution in [3.05, 3.63) is 53.5 Å². The van der Waals surface area contributed by atoms with Gasteiger partial charge >= 0.3 is 0 Å². The quantitative estimate of drug-likeness (QED) is 0.471. The van der Waals surface area contributed by atoms with Crippen molar-refractivity contribution >= 4 is 35.0 Å². The van der Waals surface area contributed by atoms with Crippen molar-refractivity contribution < 1.29 is 23.9 Å². The van der Waals surface area contributed by atoms with Gasteiger partial charge in [0.25, 0.3) is 17.7 Å². The lowest BCUT2D eigenvalue weighted by atomic mass is 10.1. The fraction of sp³-hybridized carbons (Fsp3) is 0.360. The van der Waals surface area contributed by atoms with Gasteiger partial charge in [-0.2, -0.15) is 5.10 Å². The third kappa shape index (κ3) is 4.82. The average molecular weight is 506 g/mol. The highest BCUT2D eigenvalue weighted by Gasteiger charge is 2.38. The third-order valence-electron chi connectivity index (χ3n) is 6.28. The number of ether oxygens (including phenoxy) is 1. The first-order valence-electron chi connectivity index (χ1n) is 11.9. The zero-order chi connectivity index (χ0) is 26.3. The summed E-state index contributed by atoms with van der Waals surface area (Å²) >= 11 is 0. The van der Waals surface area contributed by atoms with Crippen molar-refractivity contribution in [2.45, 2.75) is 45.3 Å². The molecule has 192 valence electrons. The largest absolute Gasteiger partial charge is 0.482 e. The molecule has 0 unspecified atom stereocenters. The molecule has 12 nitrogen and oxygen atoms in total. The third-order valence-corrected chi connectivity index (χ3v) is 6.28. The normalized spacial score (nSPS) is 17.3. The van der Waals surface area contributed by atoms with Crippen LogP contribution < -0.4 is 20.7 Å². The first-order valence-corrected chi connectivity index (χ1v) is 11.9. The number of benzene rings is 1. The average Bonchev–Trinajstić information content (AvgIpc) is 3.48. The monoisotopic (exact) mass is 505 g/mol. The number of carbonyl (C=O) groups is 4. The highest BCUT2D eigenvalue weighted by atomic mass is 16.5. The lowest BCUT2D eigenvalue weighted by molar-refractivity contribution is -0.133. The minimum Gasteiger partial charge on any atom is -0.482 e. The van der Waals surface area contributed by atoms with E-state index in [0.29, 0.717) is 30.0 Å². The van der Waals surface area contributed by atoms with Gasteiger partial charge in [-0.05, 0) is 44.9 Å². The number of carbonyl (C=O) groups excluding carboxylic acids is 4. The number of hydrogen-bond acceptors (Lipinski definition) is 7. The molecule has 1 fully saturated rings. The number of amides is 4. The van der Waals surface area contributed by atoms with Gasteiger partial charge in [-0.1, -0.05) is 6.07 Å². The Morgan fingerprint density at radius 3 is 2.73 bits per heavy atom. The van der Waals surface area contributed by atoms with E-state index in [4.69, 9.17) is 4.74 Å². The molecular formula is C25H27N7O5. The molecule has 1 atom stereocenters. The van der Waals surface area contributed by atoms with Crippen LogP contribution in [0, 0.1) is 0 Å². The van der Waals surface area contributed by atoms with Crippen molar-refractivity contribution in [3.8, 4) is 5.75 Å². The van der Waals surface area contributed by atoms with Gasteiger partial charge in [0.1, 0.15) is 23.2 Å². The number of nitrogens with zero attached hydrogens (tertiary/aromatic N) is 4. The molecule has 4 heterocycles. The summed E-state index contributed by atoms with van der Waals surface area (Å²) in [5.74, 6) is -0.847. The van der Waals surface area contributed by atoms with Gasteiger partial charge in [-0.15, -0.1) is 0 Å². The van der Waals surface area contributed by atoms with Crippen molar-refractivity contribution in [3.63, 3.8) is 0 Å². The zero-order valence-corrected chi connectivity index (χ0v) is 20.7. The molecule has 0 radical (unpaired) electrons. The fourth-order valence-corrected chi connectivity index (χ4v) is 4.42. The van der Waals surface area contributed by atoms with Crippen molar-refractivity contribution in [2.24, 2.45) is 0 Å². The standard InChI is InChI=1S/C25H27N7O5/c1-25(2,3)31-9-7-15(24(31)36)30-23(35)18-11-17(28-20-6-8-27-32(18)20)22(34)26-12-14-4-5-19-16(10-14)29-21(33)13-37-19/h4-6,8,10-11,15H,7,9,12-13H2,1-3H3,(H,26,34)(H,29,33)(H,30,35)/t15-/m0/s1. The summed E-state index contributed by atoms with van der Waals surface area (Å²) in [6, 6.07) is 7.51. The van der Waals surface area contributed by atoms with Crippen LogP contribution in [-0.2, 0) is 16.1 Å². The Morgan fingerprint density at radius 2 is 1.97 bits per heavy atom. The van der Waals surface area contributed by atoms with E-state index in [-0.39, 0.29) is 41.9 Å². The molecule has 2 aliphatic rings. The molecule has 0 aliphatic carbocycles. The van der Waals surface area contributed by atoms with E-state index < -0.39 is 17.9 Å². The van der Waals surface area contributed by atoms with Gasteiger partial charge in [0.2, 0.25) is 5.91 Å². The SMILES string of the molecule is CC(C)(C)N1CC[C@H](NC(=O)c2cc(C(=O)NCc3ccc4c(c3)NC(=O)CO4)nc3ccnn23)C1=O. The van der Waals surface area contributed by atoms with Crippen molar-refractivity contribution in [2.75, 3.05) is 18.5 Å². The molecule has 37 heavy (non-hydrogen) atoms. The van der Waals surface area contributed by atoms with Gasteiger partial charge < -0.3 is 25.6 Å². The van der Waals surface area contributed by atoms with Crippen LogP contribution in [0.3, 0.4) is 0 Å². The molecule has 12 heteroatoms. The lowest BCUT2D eigenvalue weighted by Gasteiger charge is -2.32. The summed E-state index contributed by atoms with van der Waals surface area (Å²) in [5.41, 5.74) is 1.37. The molecule has 0 spiro atoms. The number of fused-ring (bicyclic) bond motifs is 2. The minimum atomic E-state index is -0.656. The van der Waals surface area contributed by atoms with Gasteiger partial charge in [0, 0.05) is 30.8 Å². The Balaban J connectivity index is 1.31. The molecular weight excluding hydrogens is 478 g/mol. The van der Waals surface area contributed by atoms with Gasteiger partial charge in [0.15, 0.2) is 12.3 Å². The predicted octanol–water partition coefficient (Wildman–Crippen LogP) is 1.12. The molecule has 3 aromatic rings. The van der Waals surface area contributed by atoms with Crippen LogP contribution in [0.2, 0.25) is 0 Å². The molecule has 1 aromatic carbocycles. The van der Waals surface area contributed by atoms with Gasteiger partial charge in [-0.3, -0.25) is 19.2 Å². The molecule has 4 amide bonds. The number of hydrogen-bond donors (Lipinski definition) is 3. The summed E-state index contributed by atoms with van der Waals surface area (Å²) in [6.45, 7) is 6.52. The summed E-state index contributed by atoms with van der Waals surface area (Å²) in [6.07, 6.45) is 1.97. The summed E-state index contributed by atoms with van der Waals surface area (Å²) in [7, 11) is 0. The maximum atomic E-state index is 13.2. The Labute approximate surface area is 212 Å². The van der Waals surface area contributed by atoms with E-state index in [0.717, 1.165) is 5.56 Å². The topological polar surface area (TPSA) is 147 Å². The van der Waals surface area contributed by atoms with Crippen molar-refractivity contribution in [1.29, 1.82) is 0 Å². The van der Waals surface area contributed by atoms with Crippen LogP contribution in [0.15, 0.2) is 36.5 Å². The van der Waals surface area contributed by atoms with E-state index >= 15 is 0 Å². The lowest BCUT2D eigenvalue weighted by Crippen LogP contribution is -2.48. The fourth-order valence-electron chi connectivity index (χ4n) is 4.42. The van der Waals surface area contributed by atoms with Gasteiger partial charge in [0.05, 0.1) is 11.9 Å². The van der Waals surface area contributed by atoms with Crippen LogP contribution in [0.25, 0.3) is 5.65 Å². The van der Waals surface area contributed by atoms with Crippen LogP contribution in [0.1, 0.15) is 53.7 Å². The first kappa shape index (κ1) is 24.2. The second-order valence-electron chi connectivity index (χ2n) is 9.95. The van der Waals surface area contributed by atoms with Crippen LogP contribution >= 0.6 is 0 Å². The van der Waals surface area contributed by atoms with Crippen LogP contribution in [0.4, 0.5) is 5.69 Å². The number of nitrogens with one attached hydrogen (secondary N) is 3. The summed E-state index contributed by atoms with van der Waals surface area (Å²) in [5, 5.41) is 12.4. The second-order valence-corrected chi connectivity index (χ2v) is 9.95. The van der Waals surface area contributed by atoms with E-state index in [9.17, 15) is 19.2 Å². The number of likely N-dealkylation sites (tertiary alicyclic amines) is 1. The maximum absolute atomic E-state index is 13.2. The summed E-state index contributed by atoms with van der Waals surface area (Å²) < 4.78 is 6.68. The van der Waals surface area contributed by atoms with E-state index in [2.05, 4.69) is 26.0 Å². The Bertz CT molecular complexity index is 1420. The Kier molecular flexibility index (Phi) is 6.02. The molecule has 1 saturated heterocycles. The highest BCUT2D eigenvalue weighted by molar-refractivity contribution is 6.00. The van der Waals surface area contributed by atoms with E-state index in [1.165, 1.54) is 16.8 Å². The van der Waals surface area contributed by atoms with Crippen LogP contribution in [0.5, 0.6) is 5.75 Å². The number of rotatable bonds is 5.